The Morgan fingerprint density at radius 2 is 1.41 bits per heavy atom. The van der Waals surface area contributed by atoms with Crippen LogP contribution >= 0.6 is 0 Å². The lowest BCUT2D eigenvalue weighted by Gasteiger charge is -2.21. The van der Waals surface area contributed by atoms with Crippen molar-refractivity contribution in [2.45, 2.75) is 30.1 Å². The maximum absolute atomic E-state index is 13.6. The van der Waals surface area contributed by atoms with Crippen molar-refractivity contribution in [3.05, 3.63) is 95.2 Å². The van der Waals surface area contributed by atoms with Crippen molar-refractivity contribution >= 4 is 32.0 Å². The number of rotatable bonds is 5. The molecule has 1 aliphatic rings. The Hall–Kier alpha value is -3.43. The predicted molar refractivity (Wildman–Crippen MR) is 132 cm³/mol. The molecule has 1 aliphatic heterocycles. The highest BCUT2D eigenvalue weighted by atomic mass is 32.2. The number of aryl methyl sites for hydroxylation is 2. The molecule has 3 aromatic carbocycles. The topological polar surface area (TPSA) is 93.1 Å². The molecule has 0 spiro atoms. The molecule has 0 aromatic heterocycles. The first-order valence-electron chi connectivity index (χ1n) is 10.5. The van der Waals surface area contributed by atoms with Crippen LogP contribution in [0.1, 0.15) is 22.3 Å². The van der Waals surface area contributed by atoms with Crippen LogP contribution < -0.4 is 4.74 Å². The number of ether oxygens (including phenoxy) is 1. The van der Waals surface area contributed by atoms with Gasteiger partial charge in [-0.15, -0.1) is 4.40 Å². The third-order valence-electron chi connectivity index (χ3n) is 5.46. The Balaban J connectivity index is 1.88. The summed E-state index contributed by atoms with van der Waals surface area (Å²) in [5, 5.41) is 0. The van der Waals surface area contributed by atoms with E-state index >= 15 is 0 Å². The highest BCUT2D eigenvalue weighted by Crippen LogP contribution is 2.28. The first-order chi connectivity index (χ1) is 16.1. The molecule has 0 saturated heterocycles. The summed E-state index contributed by atoms with van der Waals surface area (Å²) in [6, 6.07) is 17.9. The van der Waals surface area contributed by atoms with Crippen molar-refractivity contribution in [1.82, 2.24) is 4.31 Å². The average Bonchev–Trinajstić information content (AvgIpc) is 2.98. The zero-order chi connectivity index (χ0) is 24.5. The highest BCUT2D eigenvalue weighted by molar-refractivity contribution is 7.91. The molecule has 0 atom stereocenters. The number of hydrogen-bond donors (Lipinski definition) is 0. The number of amidine groups is 1. The predicted octanol–water partition coefficient (Wildman–Crippen LogP) is 4.32. The lowest BCUT2D eigenvalue weighted by Crippen LogP contribution is -2.34. The SMILES string of the molecule is COc1ccc2c(c1)C/C(=N\S(=O)(=O)c1ccc(C)cc1)N(S(=O)(=O)c1ccc(C)cc1)C=C2. The summed E-state index contributed by atoms with van der Waals surface area (Å²) in [4.78, 5) is 0.0177. The maximum atomic E-state index is 13.6. The third kappa shape index (κ3) is 4.76. The minimum absolute atomic E-state index is 0.0163. The maximum Gasteiger partial charge on any atom is 0.283 e. The number of sulfonamides is 2. The molecule has 1 heterocycles. The van der Waals surface area contributed by atoms with Gasteiger partial charge in [-0.25, -0.2) is 12.7 Å². The Morgan fingerprint density at radius 3 is 2.00 bits per heavy atom. The van der Waals surface area contributed by atoms with Crippen molar-refractivity contribution in [3.8, 4) is 5.75 Å². The number of nitrogens with zero attached hydrogens (tertiary/aromatic N) is 2. The lowest BCUT2D eigenvalue weighted by atomic mass is 10.0. The molecule has 0 fully saturated rings. The van der Waals surface area contributed by atoms with E-state index in [2.05, 4.69) is 4.40 Å². The summed E-state index contributed by atoms with van der Waals surface area (Å²) >= 11 is 0. The van der Waals surface area contributed by atoms with Crippen LogP contribution in [0, 0.1) is 13.8 Å². The van der Waals surface area contributed by atoms with Crippen molar-refractivity contribution in [1.29, 1.82) is 0 Å². The molecule has 0 amide bonds. The van der Waals surface area contributed by atoms with Crippen molar-refractivity contribution in [2.24, 2.45) is 4.40 Å². The van der Waals surface area contributed by atoms with Crippen molar-refractivity contribution < 1.29 is 21.6 Å². The van der Waals surface area contributed by atoms with E-state index in [0.29, 0.717) is 11.3 Å². The summed E-state index contributed by atoms with van der Waals surface area (Å²) in [6.45, 7) is 3.70. The van der Waals surface area contributed by atoms with E-state index in [9.17, 15) is 16.8 Å². The molecule has 0 saturated carbocycles. The average molecular weight is 497 g/mol. The van der Waals surface area contributed by atoms with Gasteiger partial charge in [0.2, 0.25) is 0 Å². The van der Waals surface area contributed by atoms with Gasteiger partial charge in [-0.05, 0) is 67.4 Å². The molecule has 4 rings (SSSR count). The Kier molecular flexibility index (Phi) is 6.33. The molecule has 0 N–H and O–H groups in total. The summed E-state index contributed by atoms with van der Waals surface area (Å²) < 4.78 is 63.7. The normalized spacial score (nSPS) is 15.1. The first kappa shape index (κ1) is 23.7. The van der Waals surface area contributed by atoms with E-state index in [1.165, 1.54) is 37.6 Å². The number of benzene rings is 3. The fourth-order valence-corrected chi connectivity index (χ4v) is 5.90. The second kappa shape index (κ2) is 9.08. The molecule has 0 unspecified atom stereocenters. The quantitative estimate of drug-likeness (QED) is 0.525. The van der Waals surface area contributed by atoms with Crippen LogP contribution in [0.15, 0.2) is 87.1 Å². The minimum Gasteiger partial charge on any atom is -0.497 e. The molecular weight excluding hydrogens is 472 g/mol. The smallest absolute Gasteiger partial charge is 0.283 e. The van der Waals surface area contributed by atoms with Crippen LogP contribution in [0.25, 0.3) is 6.08 Å². The highest BCUT2D eigenvalue weighted by Gasteiger charge is 2.30. The third-order valence-corrected chi connectivity index (χ3v) is 8.50. The van der Waals surface area contributed by atoms with Gasteiger partial charge in [-0.3, -0.25) is 0 Å². The van der Waals surface area contributed by atoms with Gasteiger partial charge >= 0.3 is 0 Å². The Morgan fingerprint density at radius 1 is 0.824 bits per heavy atom. The van der Waals surface area contributed by atoms with E-state index in [1.54, 1.807) is 48.5 Å². The molecule has 3 aromatic rings. The summed E-state index contributed by atoms with van der Waals surface area (Å²) in [5.74, 6) is 0.437. The molecule has 0 radical (unpaired) electrons. The zero-order valence-corrected chi connectivity index (χ0v) is 20.6. The van der Waals surface area contributed by atoms with Crippen LogP contribution in [-0.4, -0.2) is 34.1 Å². The number of hydrogen-bond acceptors (Lipinski definition) is 5. The molecule has 9 heteroatoms. The van der Waals surface area contributed by atoms with Crippen LogP contribution in [0.4, 0.5) is 0 Å². The second-order valence-corrected chi connectivity index (χ2v) is 11.4. The van der Waals surface area contributed by atoms with Gasteiger partial charge in [0.05, 0.1) is 16.9 Å². The van der Waals surface area contributed by atoms with Crippen LogP contribution in [-0.2, 0) is 26.5 Å². The first-order valence-corrected chi connectivity index (χ1v) is 13.3. The Labute approximate surface area is 200 Å². The van der Waals surface area contributed by atoms with Crippen molar-refractivity contribution in [3.63, 3.8) is 0 Å². The summed E-state index contributed by atoms with van der Waals surface area (Å²) in [5.41, 5.74) is 3.23. The minimum atomic E-state index is -4.18. The molecule has 176 valence electrons. The van der Waals surface area contributed by atoms with E-state index in [4.69, 9.17) is 4.74 Å². The van der Waals surface area contributed by atoms with Crippen LogP contribution in [0.2, 0.25) is 0 Å². The van der Waals surface area contributed by atoms with E-state index in [0.717, 1.165) is 21.0 Å². The van der Waals surface area contributed by atoms with E-state index in [1.807, 2.05) is 13.8 Å². The fraction of sp³-hybridized carbons (Fsp3) is 0.160. The zero-order valence-electron chi connectivity index (χ0n) is 19.0. The molecular formula is C25H24N2O5S2. The molecule has 0 bridgehead atoms. The van der Waals surface area contributed by atoms with E-state index < -0.39 is 20.0 Å². The van der Waals surface area contributed by atoms with Gasteiger partial charge in [0.15, 0.2) is 0 Å². The van der Waals surface area contributed by atoms with Crippen LogP contribution in [0.3, 0.4) is 0 Å². The van der Waals surface area contributed by atoms with Gasteiger partial charge in [-0.1, -0.05) is 41.5 Å². The Bertz CT molecular complexity index is 1490. The number of fused-ring (bicyclic) bond motifs is 1. The van der Waals surface area contributed by atoms with Gasteiger partial charge in [0, 0.05) is 12.6 Å². The van der Waals surface area contributed by atoms with Gasteiger partial charge in [0.25, 0.3) is 20.0 Å². The van der Waals surface area contributed by atoms with Crippen molar-refractivity contribution in [2.75, 3.05) is 7.11 Å². The summed E-state index contributed by atoms with van der Waals surface area (Å²) in [7, 11) is -6.78. The van der Waals surface area contributed by atoms with Crippen LogP contribution in [0.5, 0.6) is 5.75 Å². The fourth-order valence-electron chi connectivity index (χ4n) is 3.52. The number of methoxy groups -OCH3 is 1. The molecule has 7 nitrogen and oxygen atoms in total. The van der Waals surface area contributed by atoms with Gasteiger partial charge in [-0.2, -0.15) is 8.42 Å². The molecule has 34 heavy (non-hydrogen) atoms. The summed E-state index contributed by atoms with van der Waals surface area (Å²) in [6.07, 6.45) is 2.94. The van der Waals surface area contributed by atoms with Gasteiger partial charge in [0.1, 0.15) is 11.6 Å². The second-order valence-electron chi connectivity index (χ2n) is 7.97. The molecule has 0 aliphatic carbocycles. The van der Waals surface area contributed by atoms with E-state index in [-0.39, 0.29) is 22.0 Å². The van der Waals surface area contributed by atoms with Gasteiger partial charge < -0.3 is 4.74 Å². The largest absolute Gasteiger partial charge is 0.497 e. The lowest BCUT2D eigenvalue weighted by molar-refractivity contribution is 0.414. The monoisotopic (exact) mass is 496 g/mol. The standard InChI is InChI=1S/C25H24N2O5S2/c1-18-4-10-23(11-5-18)33(28,29)26-25-17-21-16-22(32-3)9-8-20(21)14-15-27(25)34(30,31)24-12-6-19(2)7-13-24/h4-16H,17H2,1-3H3/b26-25+.